The fraction of sp³-hybridized carbons (Fsp3) is 0.714. The maximum absolute atomic E-state index is 10.5. The summed E-state index contributed by atoms with van der Waals surface area (Å²) in [6, 6.07) is 0. The zero-order valence-corrected chi connectivity index (χ0v) is 7.70. The molecule has 1 unspecified atom stereocenters. The second-order valence-electron chi connectivity index (χ2n) is 2.62. The molecule has 1 atom stereocenters. The zero-order chi connectivity index (χ0) is 8.15. The van der Waals surface area contributed by atoms with E-state index in [1.54, 1.807) is 13.8 Å². The van der Waals surface area contributed by atoms with Gasteiger partial charge in [0.2, 0.25) is 5.91 Å². The number of nitrogens with one attached hydrogen (secondary N) is 1. The smallest absolute Gasteiger partial charge is 0.220 e. The lowest BCUT2D eigenvalue weighted by atomic mass is 10.0. The van der Waals surface area contributed by atoms with E-state index in [-0.39, 0.29) is 24.2 Å². The van der Waals surface area contributed by atoms with Crippen molar-refractivity contribution in [2.24, 2.45) is 11.7 Å². The van der Waals surface area contributed by atoms with Gasteiger partial charge in [-0.1, -0.05) is 6.92 Å². The monoisotopic (exact) mass is 178 g/mol. The average Bonchev–Trinajstić information content (AvgIpc) is 1.82. The summed E-state index contributed by atoms with van der Waals surface area (Å²) in [4.78, 5) is 10.5. The van der Waals surface area contributed by atoms with Crippen LogP contribution in [-0.4, -0.2) is 11.6 Å². The Morgan fingerprint density at radius 3 is 2.36 bits per heavy atom. The molecule has 66 valence electrons. The van der Waals surface area contributed by atoms with Gasteiger partial charge in [0.15, 0.2) is 0 Å². The molecule has 0 aromatic rings. The van der Waals surface area contributed by atoms with E-state index in [0.29, 0.717) is 18.6 Å². The Labute approximate surface area is 73.3 Å². The standard InChI is InChI=1S/C7H14N2O.ClH/c1-5(7(9)10)3-4-6(2)8;/h5,8H,3-4H2,1-2H3,(H2,9,10);1H. The van der Waals surface area contributed by atoms with Gasteiger partial charge in [-0.2, -0.15) is 0 Å². The van der Waals surface area contributed by atoms with E-state index in [9.17, 15) is 4.79 Å². The molecule has 0 aliphatic heterocycles. The van der Waals surface area contributed by atoms with E-state index in [1.807, 2.05) is 0 Å². The molecule has 4 heteroatoms. The van der Waals surface area contributed by atoms with Crippen LogP contribution in [0.25, 0.3) is 0 Å². The molecule has 0 aromatic carbocycles. The van der Waals surface area contributed by atoms with Crippen LogP contribution in [0.1, 0.15) is 26.7 Å². The second kappa shape index (κ2) is 6.16. The van der Waals surface area contributed by atoms with Crippen LogP contribution >= 0.6 is 12.4 Å². The molecular formula is C7H15ClN2O. The van der Waals surface area contributed by atoms with Gasteiger partial charge >= 0.3 is 0 Å². The third-order valence-electron chi connectivity index (χ3n) is 1.44. The highest BCUT2D eigenvalue weighted by molar-refractivity contribution is 5.85. The van der Waals surface area contributed by atoms with Crippen LogP contribution in [0.4, 0.5) is 0 Å². The van der Waals surface area contributed by atoms with Gasteiger partial charge in [-0.15, -0.1) is 12.4 Å². The van der Waals surface area contributed by atoms with Gasteiger partial charge < -0.3 is 11.1 Å². The minimum atomic E-state index is -0.277. The fourth-order valence-electron chi connectivity index (χ4n) is 0.575. The minimum Gasteiger partial charge on any atom is -0.369 e. The van der Waals surface area contributed by atoms with Crippen molar-refractivity contribution in [3.8, 4) is 0 Å². The molecule has 0 fully saturated rings. The van der Waals surface area contributed by atoms with E-state index < -0.39 is 0 Å². The molecule has 3 nitrogen and oxygen atoms in total. The fourth-order valence-corrected chi connectivity index (χ4v) is 0.575. The number of amides is 1. The Balaban J connectivity index is 0. The number of carbonyl (C=O) groups is 1. The Morgan fingerprint density at radius 1 is 1.64 bits per heavy atom. The normalized spacial score (nSPS) is 11.5. The molecular weight excluding hydrogens is 164 g/mol. The highest BCUT2D eigenvalue weighted by Crippen LogP contribution is 2.04. The van der Waals surface area contributed by atoms with Crippen molar-refractivity contribution in [3.63, 3.8) is 0 Å². The van der Waals surface area contributed by atoms with E-state index in [2.05, 4.69) is 0 Å². The Kier molecular flexibility index (Phi) is 7.31. The quantitative estimate of drug-likeness (QED) is 0.627. The molecule has 3 N–H and O–H groups in total. The third-order valence-corrected chi connectivity index (χ3v) is 1.44. The van der Waals surface area contributed by atoms with Crippen LogP contribution in [0.5, 0.6) is 0 Å². The predicted octanol–water partition coefficient (Wildman–Crippen LogP) is 1.35. The van der Waals surface area contributed by atoms with Gasteiger partial charge in [0.05, 0.1) is 0 Å². The first-order valence-electron chi connectivity index (χ1n) is 3.37. The molecule has 0 saturated heterocycles. The van der Waals surface area contributed by atoms with Gasteiger partial charge in [-0.3, -0.25) is 4.79 Å². The number of hydrogen-bond donors (Lipinski definition) is 2. The number of nitrogens with two attached hydrogens (primary N) is 1. The first-order valence-corrected chi connectivity index (χ1v) is 3.37. The van der Waals surface area contributed by atoms with E-state index in [1.165, 1.54) is 0 Å². The van der Waals surface area contributed by atoms with E-state index in [4.69, 9.17) is 11.1 Å². The van der Waals surface area contributed by atoms with Crippen LogP contribution in [0.15, 0.2) is 0 Å². The molecule has 11 heavy (non-hydrogen) atoms. The van der Waals surface area contributed by atoms with Crippen molar-refractivity contribution in [3.05, 3.63) is 0 Å². The third kappa shape index (κ3) is 7.33. The van der Waals surface area contributed by atoms with Crippen LogP contribution in [0, 0.1) is 11.3 Å². The molecule has 0 aromatic heterocycles. The molecule has 0 heterocycles. The Hall–Kier alpha value is -0.570. The lowest BCUT2D eigenvalue weighted by molar-refractivity contribution is -0.121. The molecule has 0 rings (SSSR count). The summed E-state index contributed by atoms with van der Waals surface area (Å²) >= 11 is 0. The van der Waals surface area contributed by atoms with Crippen molar-refractivity contribution < 1.29 is 4.79 Å². The van der Waals surface area contributed by atoms with Gasteiger partial charge in [0.25, 0.3) is 0 Å². The molecule has 0 radical (unpaired) electrons. The Bertz CT molecular complexity index is 147. The highest BCUT2D eigenvalue weighted by atomic mass is 35.5. The number of hydrogen-bond acceptors (Lipinski definition) is 2. The van der Waals surface area contributed by atoms with Gasteiger partial charge in [-0.25, -0.2) is 0 Å². The first kappa shape index (κ1) is 13.1. The number of primary amides is 1. The van der Waals surface area contributed by atoms with Crippen molar-refractivity contribution in [2.45, 2.75) is 26.7 Å². The summed E-state index contributed by atoms with van der Waals surface area (Å²) in [6.07, 6.45) is 1.37. The highest BCUT2D eigenvalue weighted by Gasteiger charge is 2.07. The van der Waals surface area contributed by atoms with Gasteiger partial charge in [-0.05, 0) is 19.8 Å². The van der Waals surface area contributed by atoms with Crippen molar-refractivity contribution >= 4 is 24.0 Å². The van der Waals surface area contributed by atoms with Crippen molar-refractivity contribution in [1.82, 2.24) is 0 Å². The molecule has 0 saturated carbocycles. The summed E-state index contributed by atoms with van der Waals surface area (Å²) in [5, 5.41) is 7.08. The molecule has 0 aliphatic rings. The van der Waals surface area contributed by atoms with Crippen LogP contribution in [0.2, 0.25) is 0 Å². The largest absolute Gasteiger partial charge is 0.369 e. The molecule has 0 spiro atoms. The average molecular weight is 179 g/mol. The van der Waals surface area contributed by atoms with Crippen LogP contribution in [-0.2, 0) is 4.79 Å². The lowest BCUT2D eigenvalue weighted by Crippen LogP contribution is -2.20. The lowest BCUT2D eigenvalue weighted by Gasteiger charge is -2.04. The molecule has 0 bridgehead atoms. The Morgan fingerprint density at radius 2 is 2.09 bits per heavy atom. The summed E-state index contributed by atoms with van der Waals surface area (Å²) in [7, 11) is 0. The van der Waals surface area contributed by atoms with Crippen LogP contribution < -0.4 is 5.73 Å². The topological polar surface area (TPSA) is 66.9 Å². The maximum Gasteiger partial charge on any atom is 0.220 e. The first-order chi connectivity index (χ1) is 4.54. The van der Waals surface area contributed by atoms with Gasteiger partial charge in [0.1, 0.15) is 0 Å². The SMILES string of the molecule is CC(=N)CCC(C)C(N)=O.Cl. The predicted molar refractivity (Wildman–Crippen MR) is 48.2 cm³/mol. The molecule has 1 amide bonds. The van der Waals surface area contributed by atoms with Gasteiger partial charge in [0, 0.05) is 11.6 Å². The van der Waals surface area contributed by atoms with Crippen molar-refractivity contribution in [1.29, 1.82) is 5.41 Å². The zero-order valence-electron chi connectivity index (χ0n) is 6.89. The second-order valence-corrected chi connectivity index (χ2v) is 2.62. The van der Waals surface area contributed by atoms with Crippen molar-refractivity contribution in [2.75, 3.05) is 0 Å². The van der Waals surface area contributed by atoms with E-state index >= 15 is 0 Å². The number of carbonyl (C=O) groups excluding carboxylic acids is 1. The summed E-state index contributed by atoms with van der Waals surface area (Å²) < 4.78 is 0. The minimum absolute atomic E-state index is 0. The number of rotatable bonds is 4. The molecule has 0 aliphatic carbocycles. The maximum atomic E-state index is 10.5. The summed E-state index contributed by atoms with van der Waals surface area (Å²) in [5.41, 5.74) is 5.62. The summed E-state index contributed by atoms with van der Waals surface area (Å²) in [6.45, 7) is 3.51. The van der Waals surface area contributed by atoms with Crippen LogP contribution in [0.3, 0.4) is 0 Å². The number of halogens is 1. The summed E-state index contributed by atoms with van der Waals surface area (Å²) in [5.74, 6) is -0.374. The van der Waals surface area contributed by atoms with E-state index in [0.717, 1.165) is 0 Å².